The topological polar surface area (TPSA) is 126 Å². The minimum absolute atomic E-state index is 0.0149. The number of nitrogens with one attached hydrogen (secondary N) is 1. The number of thioether (sulfide) groups is 1. The van der Waals surface area contributed by atoms with Crippen LogP contribution in [0.3, 0.4) is 0 Å². The van der Waals surface area contributed by atoms with Crippen molar-refractivity contribution in [3.05, 3.63) is 46.8 Å². The molecule has 10 nitrogen and oxygen atoms in total. The molecule has 2 aromatic rings. The Bertz CT molecular complexity index is 1420. The molecule has 2 aliphatic rings. The van der Waals surface area contributed by atoms with Crippen LogP contribution in [0.4, 0.5) is 0 Å². The number of methoxy groups -OCH3 is 2. The van der Waals surface area contributed by atoms with Crippen LogP contribution in [0.5, 0.6) is 11.5 Å². The van der Waals surface area contributed by atoms with Gasteiger partial charge in [-0.2, -0.15) is 10.0 Å². The van der Waals surface area contributed by atoms with Gasteiger partial charge in [0.15, 0.2) is 5.84 Å². The van der Waals surface area contributed by atoms with Crippen LogP contribution in [-0.4, -0.2) is 59.3 Å². The number of carbonyl (C=O) groups is 1. The lowest BCUT2D eigenvalue weighted by molar-refractivity contribution is -0.114. The lowest BCUT2D eigenvalue weighted by Gasteiger charge is -2.20. The normalized spacial score (nSPS) is 17.1. The lowest BCUT2D eigenvalue weighted by Crippen LogP contribution is -2.35. The number of hydrogen-bond acceptors (Lipinski definition) is 8. The van der Waals surface area contributed by atoms with Crippen LogP contribution in [0.25, 0.3) is 11.8 Å². The van der Waals surface area contributed by atoms with E-state index >= 15 is 0 Å². The second kappa shape index (κ2) is 8.76. The molecule has 178 valence electrons. The van der Waals surface area contributed by atoms with Gasteiger partial charge in [-0.05, 0) is 55.4 Å². The highest BCUT2D eigenvalue weighted by Gasteiger charge is 2.39. The average Bonchev–Trinajstić information content (AvgIpc) is 3.37. The van der Waals surface area contributed by atoms with Crippen LogP contribution in [0.2, 0.25) is 0 Å². The molecule has 12 heteroatoms. The molecular weight excluding hydrogens is 478 g/mol. The Hall–Kier alpha value is -3.38. The first kappa shape index (κ1) is 23.8. The Morgan fingerprint density at radius 3 is 2.56 bits per heavy atom. The molecule has 0 atom stereocenters. The molecular formula is C22H23N5O5S2. The van der Waals surface area contributed by atoms with E-state index in [4.69, 9.17) is 14.9 Å². The largest absolute Gasteiger partial charge is 0.497 e. The van der Waals surface area contributed by atoms with Gasteiger partial charge in [-0.1, -0.05) is 6.92 Å². The van der Waals surface area contributed by atoms with Gasteiger partial charge >= 0.3 is 0 Å². The number of aryl methyl sites for hydroxylation is 1. The molecule has 3 heterocycles. The number of carbonyl (C=O) groups excluding carboxylic acids is 1. The fraction of sp³-hybridized carbons (Fsp3) is 0.273. The number of nitrogens with zero attached hydrogens (tertiary/aromatic N) is 4. The number of rotatable bonds is 5. The highest BCUT2D eigenvalue weighted by Crippen LogP contribution is 2.34. The maximum absolute atomic E-state index is 12.8. The third-order valence-electron chi connectivity index (χ3n) is 5.48. The minimum atomic E-state index is -3.59. The first-order valence-electron chi connectivity index (χ1n) is 10.3. The van der Waals surface area contributed by atoms with Crippen molar-refractivity contribution in [1.29, 1.82) is 5.41 Å². The second-order valence-corrected chi connectivity index (χ2v) is 10.9. The monoisotopic (exact) mass is 501 g/mol. The number of amides is 1. The Morgan fingerprint density at radius 2 is 1.91 bits per heavy atom. The zero-order chi connectivity index (χ0) is 24.8. The van der Waals surface area contributed by atoms with E-state index in [1.54, 1.807) is 26.4 Å². The van der Waals surface area contributed by atoms with Gasteiger partial charge in [0.05, 0.1) is 31.2 Å². The van der Waals surface area contributed by atoms with Crippen molar-refractivity contribution >= 4 is 49.0 Å². The molecule has 2 aliphatic heterocycles. The Kier molecular flexibility index (Phi) is 6.13. The quantitative estimate of drug-likeness (QED) is 0.624. The van der Waals surface area contributed by atoms with E-state index in [0.717, 1.165) is 33.8 Å². The highest BCUT2D eigenvalue weighted by atomic mass is 32.3. The summed E-state index contributed by atoms with van der Waals surface area (Å²) < 4.78 is 37.1. The van der Waals surface area contributed by atoms with E-state index in [-0.39, 0.29) is 26.7 Å². The van der Waals surface area contributed by atoms with E-state index in [9.17, 15) is 13.2 Å². The van der Waals surface area contributed by atoms with Gasteiger partial charge in [0, 0.05) is 17.5 Å². The number of amidine groups is 2. The van der Waals surface area contributed by atoms with Crippen LogP contribution in [0.15, 0.2) is 39.9 Å². The summed E-state index contributed by atoms with van der Waals surface area (Å²) in [6.45, 7) is 5.31. The summed E-state index contributed by atoms with van der Waals surface area (Å²) in [5.74, 6) is 0.316. The van der Waals surface area contributed by atoms with Gasteiger partial charge in [-0.3, -0.25) is 10.2 Å². The molecule has 1 aromatic heterocycles. The number of fused-ring (bicyclic) bond motifs is 1. The van der Waals surface area contributed by atoms with Gasteiger partial charge in [-0.25, -0.2) is 8.42 Å². The Morgan fingerprint density at radius 1 is 1.18 bits per heavy atom. The number of sulfone groups is 1. The first-order chi connectivity index (χ1) is 16.1. The van der Waals surface area contributed by atoms with Crippen molar-refractivity contribution in [3.63, 3.8) is 0 Å². The maximum Gasteiger partial charge on any atom is 0.283 e. The van der Waals surface area contributed by atoms with Crippen molar-refractivity contribution in [2.45, 2.75) is 20.8 Å². The van der Waals surface area contributed by atoms with Crippen molar-refractivity contribution < 1.29 is 22.7 Å². The summed E-state index contributed by atoms with van der Waals surface area (Å²) in [4.78, 5) is 16.7. The van der Waals surface area contributed by atoms with E-state index in [1.807, 2.05) is 36.6 Å². The third kappa shape index (κ3) is 3.92. The number of aliphatic imine (C=N–C) groups is 1. The summed E-state index contributed by atoms with van der Waals surface area (Å²) in [7, 11) is -0.418. The Labute approximate surface area is 201 Å². The number of benzene rings is 1. The van der Waals surface area contributed by atoms with Crippen LogP contribution in [0.1, 0.15) is 23.9 Å². The summed E-state index contributed by atoms with van der Waals surface area (Å²) in [5, 5.41) is 13.7. The molecule has 0 fully saturated rings. The molecule has 1 aromatic carbocycles. The highest BCUT2D eigenvalue weighted by molar-refractivity contribution is 8.42. The molecule has 0 bridgehead atoms. The molecule has 0 spiro atoms. The van der Waals surface area contributed by atoms with Gasteiger partial charge in [0.25, 0.3) is 5.91 Å². The molecule has 0 radical (unpaired) electrons. The smallest absolute Gasteiger partial charge is 0.283 e. The van der Waals surface area contributed by atoms with Crippen LogP contribution in [0, 0.1) is 19.3 Å². The molecule has 0 saturated carbocycles. The molecule has 0 saturated heterocycles. The van der Waals surface area contributed by atoms with Gasteiger partial charge < -0.3 is 14.0 Å². The van der Waals surface area contributed by atoms with Gasteiger partial charge in [-0.15, -0.1) is 5.10 Å². The van der Waals surface area contributed by atoms with E-state index in [0.29, 0.717) is 17.1 Å². The average molecular weight is 502 g/mol. The van der Waals surface area contributed by atoms with Crippen molar-refractivity contribution in [3.8, 4) is 17.2 Å². The van der Waals surface area contributed by atoms with Crippen molar-refractivity contribution in [1.82, 2.24) is 9.58 Å². The maximum atomic E-state index is 12.8. The molecule has 1 N–H and O–H groups in total. The zero-order valence-corrected chi connectivity index (χ0v) is 20.9. The number of hydrazone groups is 1. The van der Waals surface area contributed by atoms with E-state index in [1.165, 1.54) is 6.92 Å². The Balaban J connectivity index is 1.77. The molecule has 34 heavy (non-hydrogen) atoms. The minimum Gasteiger partial charge on any atom is -0.497 e. The number of hydrogen-bond donors (Lipinski definition) is 1. The standard InChI is InChI=1S/C22H23N5O5S2/c1-6-34(29,30)22-25-27-19(23)16(20(28)24-21(27)33-22)10-14-9-12(2)26(13(14)3)17-11-15(31-4)7-8-18(17)32-5/h7-11,23H,6H2,1-5H3/b16-10-,23-19?. The van der Waals surface area contributed by atoms with E-state index < -0.39 is 15.7 Å². The second-order valence-electron chi connectivity index (χ2n) is 7.49. The predicted octanol–water partition coefficient (Wildman–Crippen LogP) is 3.12. The fourth-order valence-corrected chi connectivity index (χ4v) is 5.82. The van der Waals surface area contributed by atoms with Gasteiger partial charge in [0.1, 0.15) is 11.5 Å². The molecule has 0 aliphatic carbocycles. The van der Waals surface area contributed by atoms with Gasteiger partial charge in [0.2, 0.25) is 19.4 Å². The van der Waals surface area contributed by atoms with Crippen molar-refractivity contribution in [2.24, 2.45) is 10.1 Å². The summed E-state index contributed by atoms with van der Waals surface area (Å²) in [6, 6.07) is 7.35. The lowest BCUT2D eigenvalue weighted by atomic mass is 10.1. The molecule has 0 unspecified atom stereocenters. The van der Waals surface area contributed by atoms with Crippen molar-refractivity contribution in [2.75, 3.05) is 20.0 Å². The summed E-state index contributed by atoms with van der Waals surface area (Å²) in [6.07, 6.45) is 1.57. The summed E-state index contributed by atoms with van der Waals surface area (Å²) in [5.41, 5.74) is 3.16. The zero-order valence-electron chi connectivity index (χ0n) is 19.2. The molecule has 1 amide bonds. The summed E-state index contributed by atoms with van der Waals surface area (Å²) >= 11 is 0.776. The van der Waals surface area contributed by atoms with Crippen LogP contribution in [-0.2, 0) is 14.6 Å². The number of ether oxygens (including phenoxy) is 2. The fourth-order valence-electron chi connectivity index (χ4n) is 3.66. The predicted molar refractivity (Wildman–Crippen MR) is 133 cm³/mol. The first-order valence-corrected chi connectivity index (χ1v) is 12.7. The number of aromatic nitrogens is 1. The van der Waals surface area contributed by atoms with Crippen LogP contribution < -0.4 is 9.47 Å². The van der Waals surface area contributed by atoms with E-state index in [2.05, 4.69) is 10.1 Å². The third-order valence-corrected chi connectivity index (χ3v) is 8.57. The SMILES string of the molecule is CCS(=O)(=O)C1=NN2C(=N)/C(=C/c3cc(C)n(-c4cc(OC)ccc4OC)c3C)C(=O)N=C2S1. The van der Waals surface area contributed by atoms with Crippen LogP contribution >= 0.6 is 11.8 Å². The molecule has 4 rings (SSSR count).